The van der Waals surface area contributed by atoms with Gasteiger partial charge in [-0.1, -0.05) is 25.5 Å². The van der Waals surface area contributed by atoms with Gasteiger partial charge in [-0.25, -0.2) is 4.98 Å². The lowest BCUT2D eigenvalue weighted by Crippen LogP contribution is -2.51. The smallest absolute Gasteiger partial charge is 0.222 e. The van der Waals surface area contributed by atoms with Crippen LogP contribution in [0.3, 0.4) is 0 Å². The summed E-state index contributed by atoms with van der Waals surface area (Å²) in [6.07, 6.45) is 6.14. The molecule has 2 saturated heterocycles. The van der Waals surface area contributed by atoms with E-state index in [-0.39, 0.29) is 12.0 Å². The minimum absolute atomic E-state index is 0.248. The van der Waals surface area contributed by atoms with Gasteiger partial charge in [0.05, 0.1) is 19.9 Å². The van der Waals surface area contributed by atoms with Gasteiger partial charge in [0.15, 0.2) is 5.82 Å². The predicted molar refractivity (Wildman–Crippen MR) is 141 cm³/mol. The Hall–Kier alpha value is -2.95. The summed E-state index contributed by atoms with van der Waals surface area (Å²) in [7, 11) is 1.73. The van der Waals surface area contributed by atoms with Crippen LogP contribution in [-0.2, 0) is 11.3 Å². The summed E-state index contributed by atoms with van der Waals surface area (Å²) >= 11 is 0. The van der Waals surface area contributed by atoms with E-state index in [0.717, 1.165) is 93.2 Å². The number of nitrogens with one attached hydrogen (secondary N) is 2. The van der Waals surface area contributed by atoms with Crippen LogP contribution in [-0.4, -0.2) is 77.2 Å². The van der Waals surface area contributed by atoms with Crippen molar-refractivity contribution >= 4 is 22.8 Å². The molecule has 2 aliphatic heterocycles. The van der Waals surface area contributed by atoms with Crippen LogP contribution in [0.4, 0.5) is 11.8 Å². The first kappa shape index (κ1) is 24.7. The Kier molecular flexibility index (Phi) is 7.84. The van der Waals surface area contributed by atoms with Gasteiger partial charge in [0.25, 0.3) is 0 Å². The van der Waals surface area contributed by atoms with E-state index in [1.54, 1.807) is 13.3 Å². The number of aromatic nitrogens is 4. The average Bonchev–Trinajstić information content (AvgIpc) is 3.32. The maximum Gasteiger partial charge on any atom is 0.222 e. The molecular formula is C26H38N8O2. The molecular weight excluding hydrogens is 456 g/mol. The number of rotatable bonds is 9. The Morgan fingerprint density at radius 2 is 2.11 bits per heavy atom. The van der Waals surface area contributed by atoms with Crippen LogP contribution in [0.2, 0.25) is 0 Å². The Morgan fingerprint density at radius 1 is 1.25 bits per heavy atom. The highest BCUT2D eigenvalue weighted by Gasteiger charge is 2.28. The first-order chi connectivity index (χ1) is 17.7. The lowest BCUT2D eigenvalue weighted by Gasteiger charge is -2.40. The topological polar surface area (TPSA) is 115 Å². The van der Waals surface area contributed by atoms with Crippen molar-refractivity contribution in [3.05, 3.63) is 35.5 Å². The molecule has 3 aromatic rings. The fraction of sp³-hybridized carbons (Fsp3) is 0.577. The van der Waals surface area contributed by atoms with Crippen LogP contribution in [0.25, 0.3) is 11.0 Å². The number of benzene rings is 1. The molecule has 2 aliphatic rings. The highest BCUT2D eigenvalue weighted by atomic mass is 16.5. The van der Waals surface area contributed by atoms with Gasteiger partial charge in [0.1, 0.15) is 16.8 Å². The van der Waals surface area contributed by atoms with Crippen molar-refractivity contribution in [3.63, 3.8) is 0 Å². The first-order valence-electron chi connectivity index (χ1n) is 13.1. The number of unbranched alkanes of at least 4 members (excludes halogenated alkanes) is 1. The molecule has 0 spiro atoms. The minimum atomic E-state index is 0.248. The number of piperazine rings is 1. The normalized spacial score (nSPS) is 19.6. The zero-order valence-corrected chi connectivity index (χ0v) is 21.4. The molecule has 1 aromatic carbocycles. The number of methoxy groups -OCH3 is 1. The third kappa shape index (κ3) is 5.40. The van der Waals surface area contributed by atoms with E-state index in [1.807, 2.05) is 4.68 Å². The predicted octanol–water partition coefficient (Wildman–Crippen LogP) is 2.80. The molecule has 10 heteroatoms. The monoisotopic (exact) mass is 494 g/mol. The number of nitrogens with two attached hydrogens (primary N) is 1. The van der Waals surface area contributed by atoms with Crippen LogP contribution < -0.4 is 21.1 Å². The second-order valence-corrected chi connectivity index (χ2v) is 9.66. The van der Waals surface area contributed by atoms with Gasteiger partial charge in [-0.3, -0.25) is 9.58 Å². The molecule has 0 aliphatic carbocycles. The fourth-order valence-electron chi connectivity index (χ4n) is 5.29. The van der Waals surface area contributed by atoms with E-state index in [1.165, 1.54) is 5.56 Å². The lowest BCUT2D eigenvalue weighted by atomic mass is 9.99. The van der Waals surface area contributed by atoms with E-state index < -0.39 is 0 Å². The van der Waals surface area contributed by atoms with Crippen molar-refractivity contribution < 1.29 is 9.47 Å². The Balaban J connectivity index is 1.36. The van der Waals surface area contributed by atoms with Gasteiger partial charge in [0, 0.05) is 57.0 Å². The van der Waals surface area contributed by atoms with Gasteiger partial charge in [0.2, 0.25) is 5.95 Å². The third-order valence-corrected chi connectivity index (χ3v) is 7.28. The van der Waals surface area contributed by atoms with E-state index in [0.29, 0.717) is 12.6 Å². The summed E-state index contributed by atoms with van der Waals surface area (Å²) in [5, 5.41) is 11.7. The van der Waals surface area contributed by atoms with Crippen molar-refractivity contribution in [3.8, 4) is 5.75 Å². The van der Waals surface area contributed by atoms with Crippen molar-refractivity contribution in [2.45, 2.75) is 51.2 Å². The lowest BCUT2D eigenvalue weighted by molar-refractivity contribution is 0.0234. The second-order valence-electron chi connectivity index (χ2n) is 9.66. The fourth-order valence-corrected chi connectivity index (χ4v) is 5.29. The molecule has 194 valence electrons. The number of ether oxygens (including phenoxy) is 2. The summed E-state index contributed by atoms with van der Waals surface area (Å²) in [6, 6.07) is 7.43. The molecule has 0 saturated carbocycles. The maximum atomic E-state index is 5.95. The molecule has 10 nitrogen and oxygen atoms in total. The molecule has 1 atom stereocenters. The number of hydrogen-bond donors (Lipinski definition) is 3. The van der Waals surface area contributed by atoms with Gasteiger partial charge < -0.3 is 25.8 Å². The molecule has 4 N–H and O–H groups in total. The van der Waals surface area contributed by atoms with E-state index in [9.17, 15) is 0 Å². The summed E-state index contributed by atoms with van der Waals surface area (Å²) in [4.78, 5) is 11.5. The molecule has 5 rings (SSSR count). The molecule has 0 bridgehead atoms. The Morgan fingerprint density at radius 3 is 2.92 bits per heavy atom. The molecule has 4 heterocycles. The van der Waals surface area contributed by atoms with Gasteiger partial charge in [-0.2, -0.15) is 10.1 Å². The van der Waals surface area contributed by atoms with Crippen molar-refractivity contribution in [2.75, 3.05) is 57.6 Å². The van der Waals surface area contributed by atoms with Crippen molar-refractivity contribution in [2.24, 2.45) is 0 Å². The van der Waals surface area contributed by atoms with Crippen LogP contribution in [0.15, 0.2) is 24.4 Å². The average molecular weight is 495 g/mol. The molecule has 0 amide bonds. The Bertz CT molecular complexity index is 1160. The SMILES string of the molecule is CCCCNc1nc(N)nc2cnn(Cc3ccc(C4CN(C5CCOCC5)CCN4)cc3OC)c12. The standard InChI is InChI=1S/C26H38N8O2/c1-3-4-9-29-25-24-21(31-26(27)32-25)15-30-34(24)16-19-6-5-18(14-23(19)35-2)22-17-33(11-10-28-22)20-7-12-36-13-8-20/h5-6,14-15,20,22,28H,3-4,7-13,16-17H2,1-2H3,(H3,27,29,31,32). The quantitative estimate of drug-likeness (QED) is 0.386. The maximum absolute atomic E-state index is 5.95. The Labute approximate surface area is 212 Å². The molecule has 2 fully saturated rings. The minimum Gasteiger partial charge on any atom is -0.496 e. The van der Waals surface area contributed by atoms with E-state index in [2.05, 4.69) is 55.7 Å². The largest absolute Gasteiger partial charge is 0.496 e. The first-order valence-corrected chi connectivity index (χ1v) is 13.1. The van der Waals surface area contributed by atoms with Gasteiger partial charge >= 0.3 is 0 Å². The number of hydrogen-bond acceptors (Lipinski definition) is 9. The van der Waals surface area contributed by atoms with Crippen molar-refractivity contribution in [1.82, 2.24) is 30.0 Å². The van der Waals surface area contributed by atoms with E-state index in [4.69, 9.17) is 15.2 Å². The van der Waals surface area contributed by atoms with Crippen LogP contribution in [0.1, 0.15) is 49.8 Å². The van der Waals surface area contributed by atoms with Gasteiger partial charge in [-0.15, -0.1) is 0 Å². The summed E-state index contributed by atoms with van der Waals surface area (Å²) in [5.74, 6) is 1.83. The molecule has 2 aromatic heterocycles. The number of fused-ring (bicyclic) bond motifs is 1. The number of nitrogens with zero attached hydrogens (tertiary/aromatic N) is 5. The van der Waals surface area contributed by atoms with Crippen LogP contribution >= 0.6 is 0 Å². The molecule has 36 heavy (non-hydrogen) atoms. The summed E-state index contributed by atoms with van der Waals surface area (Å²) < 4.78 is 13.3. The van der Waals surface area contributed by atoms with Crippen molar-refractivity contribution in [1.29, 1.82) is 0 Å². The zero-order chi connectivity index (χ0) is 24.9. The zero-order valence-electron chi connectivity index (χ0n) is 21.4. The second kappa shape index (κ2) is 11.4. The molecule has 1 unspecified atom stereocenters. The van der Waals surface area contributed by atoms with Crippen LogP contribution in [0, 0.1) is 0 Å². The van der Waals surface area contributed by atoms with Gasteiger partial charge in [-0.05, 0) is 30.9 Å². The third-order valence-electron chi connectivity index (χ3n) is 7.28. The van der Waals surface area contributed by atoms with E-state index >= 15 is 0 Å². The van der Waals surface area contributed by atoms with Crippen LogP contribution in [0.5, 0.6) is 5.75 Å². The number of nitrogen functional groups attached to an aromatic ring is 1. The highest BCUT2D eigenvalue weighted by Crippen LogP contribution is 2.29. The molecule has 0 radical (unpaired) electrons. The summed E-state index contributed by atoms with van der Waals surface area (Å²) in [6.45, 7) is 8.36. The highest BCUT2D eigenvalue weighted by molar-refractivity contribution is 5.86. The number of anilines is 2. The summed E-state index contributed by atoms with van der Waals surface area (Å²) in [5.41, 5.74) is 9.83.